The van der Waals surface area contributed by atoms with Crippen LogP contribution in [-0.4, -0.2) is 45.5 Å². The molecule has 0 spiro atoms. The highest BCUT2D eigenvalue weighted by Gasteiger charge is 2.35. The summed E-state index contributed by atoms with van der Waals surface area (Å²) >= 11 is 0. The Balaban J connectivity index is 2.01. The maximum absolute atomic E-state index is 12.4. The number of hydrogen-bond acceptors (Lipinski definition) is 4. The molecule has 3 atom stereocenters. The maximum atomic E-state index is 12.4. The second-order valence-corrected chi connectivity index (χ2v) is 7.50. The van der Waals surface area contributed by atoms with E-state index in [0.29, 0.717) is 32.0 Å². The zero-order chi connectivity index (χ0) is 13.2. The highest BCUT2D eigenvalue weighted by molar-refractivity contribution is 7.90. The van der Waals surface area contributed by atoms with E-state index in [9.17, 15) is 8.42 Å². The minimum atomic E-state index is -3.22. The quantitative estimate of drug-likeness (QED) is 0.786. The topological polar surface area (TPSA) is 67.4 Å². The van der Waals surface area contributed by atoms with Crippen LogP contribution in [0.4, 0.5) is 0 Å². The van der Waals surface area contributed by atoms with Crippen molar-refractivity contribution in [2.24, 2.45) is 5.92 Å². The largest absolute Gasteiger partial charge is 0.381 e. The lowest BCUT2D eigenvalue weighted by Gasteiger charge is -2.37. The lowest BCUT2D eigenvalue weighted by molar-refractivity contribution is 0.0979. The van der Waals surface area contributed by atoms with E-state index in [2.05, 4.69) is 17.0 Å². The van der Waals surface area contributed by atoms with Crippen LogP contribution in [0.5, 0.6) is 0 Å². The Morgan fingerprint density at radius 3 is 2.44 bits per heavy atom. The Labute approximate surface area is 110 Å². The summed E-state index contributed by atoms with van der Waals surface area (Å²) in [6.07, 6.45) is 2.24. The van der Waals surface area contributed by atoms with Gasteiger partial charge in [-0.3, -0.25) is 0 Å². The molecular formula is C12H24N2O3S. The molecule has 0 aromatic heterocycles. The van der Waals surface area contributed by atoms with Gasteiger partial charge in [0, 0.05) is 25.3 Å². The molecule has 2 N–H and O–H groups in total. The van der Waals surface area contributed by atoms with Gasteiger partial charge in [0.15, 0.2) is 0 Å². The molecule has 6 heteroatoms. The predicted octanol–water partition coefficient (Wildman–Crippen LogP) is 0.471. The fraction of sp³-hybridized carbons (Fsp3) is 1.00. The lowest BCUT2D eigenvalue weighted by atomic mass is 9.90. The van der Waals surface area contributed by atoms with E-state index in [4.69, 9.17) is 4.74 Å². The van der Waals surface area contributed by atoms with Gasteiger partial charge < -0.3 is 10.1 Å². The van der Waals surface area contributed by atoms with Gasteiger partial charge in [0.05, 0.1) is 5.25 Å². The van der Waals surface area contributed by atoms with Crippen molar-refractivity contribution in [3.8, 4) is 0 Å². The normalized spacial score (nSPS) is 35.6. The van der Waals surface area contributed by atoms with Gasteiger partial charge in [0.1, 0.15) is 0 Å². The summed E-state index contributed by atoms with van der Waals surface area (Å²) in [7, 11) is -3.22. The van der Waals surface area contributed by atoms with Crippen LogP contribution in [0, 0.1) is 5.92 Å². The summed E-state index contributed by atoms with van der Waals surface area (Å²) in [4.78, 5) is 0. The smallest absolute Gasteiger partial charge is 0.214 e. The van der Waals surface area contributed by atoms with E-state index in [1.165, 1.54) is 0 Å². The summed E-state index contributed by atoms with van der Waals surface area (Å²) in [6.45, 7) is 6.25. The van der Waals surface area contributed by atoms with Crippen molar-refractivity contribution in [3.05, 3.63) is 0 Å². The van der Waals surface area contributed by atoms with Gasteiger partial charge in [-0.25, -0.2) is 13.1 Å². The first-order chi connectivity index (χ1) is 8.50. The molecule has 0 aromatic carbocycles. The molecule has 0 aliphatic carbocycles. The maximum Gasteiger partial charge on any atom is 0.214 e. The minimum absolute atomic E-state index is 0.00611. The highest BCUT2D eigenvalue weighted by atomic mass is 32.2. The number of rotatable bonds is 3. The zero-order valence-electron chi connectivity index (χ0n) is 11.2. The zero-order valence-corrected chi connectivity index (χ0v) is 12.0. The van der Waals surface area contributed by atoms with Crippen LogP contribution in [0.1, 0.15) is 33.1 Å². The third-order valence-corrected chi connectivity index (χ3v) is 6.07. The number of piperidine rings is 1. The van der Waals surface area contributed by atoms with Crippen LogP contribution < -0.4 is 10.0 Å². The Morgan fingerprint density at radius 1 is 1.17 bits per heavy atom. The highest BCUT2D eigenvalue weighted by Crippen LogP contribution is 2.20. The van der Waals surface area contributed by atoms with Crippen LogP contribution in [-0.2, 0) is 14.8 Å². The molecule has 2 saturated heterocycles. The van der Waals surface area contributed by atoms with Crippen molar-refractivity contribution in [3.63, 3.8) is 0 Å². The van der Waals surface area contributed by atoms with Crippen molar-refractivity contribution >= 4 is 10.0 Å². The molecule has 2 aliphatic heterocycles. The van der Waals surface area contributed by atoms with Crippen molar-refractivity contribution in [2.75, 3.05) is 19.8 Å². The molecule has 0 aromatic rings. The van der Waals surface area contributed by atoms with Crippen LogP contribution in [0.2, 0.25) is 0 Å². The van der Waals surface area contributed by atoms with E-state index in [1.807, 2.05) is 6.92 Å². The molecule has 18 heavy (non-hydrogen) atoms. The standard InChI is InChI=1S/C12H24N2O3S/c1-9-3-6-13-10(2)12(9)14-18(15,16)11-4-7-17-8-5-11/h9-14H,3-8H2,1-2H3. The molecule has 5 nitrogen and oxygen atoms in total. The monoisotopic (exact) mass is 276 g/mol. The first-order valence-corrected chi connectivity index (χ1v) is 8.37. The Morgan fingerprint density at radius 2 is 1.83 bits per heavy atom. The van der Waals surface area contributed by atoms with Crippen LogP contribution in [0.25, 0.3) is 0 Å². The first-order valence-electron chi connectivity index (χ1n) is 6.83. The Kier molecular flexibility index (Phi) is 4.64. The van der Waals surface area contributed by atoms with Crippen LogP contribution in [0.3, 0.4) is 0 Å². The molecule has 0 saturated carbocycles. The summed E-state index contributed by atoms with van der Waals surface area (Å²) in [5, 5.41) is 3.05. The molecule has 2 heterocycles. The Bertz CT molecular complexity index is 356. The van der Waals surface area contributed by atoms with Crippen molar-refractivity contribution in [2.45, 2.75) is 50.4 Å². The fourth-order valence-corrected chi connectivity index (χ4v) is 4.65. The molecule has 106 valence electrons. The van der Waals surface area contributed by atoms with Gasteiger partial charge >= 0.3 is 0 Å². The van der Waals surface area contributed by atoms with Gasteiger partial charge in [-0.05, 0) is 38.6 Å². The van der Waals surface area contributed by atoms with Gasteiger partial charge in [-0.15, -0.1) is 0 Å². The van der Waals surface area contributed by atoms with Gasteiger partial charge in [-0.2, -0.15) is 0 Å². The molecule has 2 fully saturated rings. The third kappa shape index (κ3) is 3.23. The molecular weight excluding hydrogens is 252 g/mol. The summed E-state index contributed by atoms with van der Waals surface area (Å²) in [5.74, 6) is 0.385. The SMILES string of the molecule is CC1CCNC(C)C1NS(=O)(=O)C1CCOCC1. The number of nitrogens with one attached hydrogen (secondary N) is 2. The van der Waals surface area contributed by atoms with E-state index < -0.39 is 10.0 Å². The lowest BCUT2D eigenvalue weighted by Crippen LogP contribution is -2.57. The third-order valence-electron chi connectivity index (χ3n) is 4.13. The second kappa shape index (κ2) is 5.86. The summed E-state index contributed by atoms with van der Waals surface area (Å²) in [6, 6.07) is 0.204. The first kappa shape index (κ1) is 14.2. The van der Waals surface area contributed by atoms with E-state index >= 15 is 0 Å². The number of sulfonamides is 1. The summed E-state index contributed by atoms with van der Waals surface area (Å²) < 4.78 is 32.8. The molecule has 0 bridgehead atoms. The van der Waals surface area contributed by atoms with Gasteiger partial charge in [-0.1, -0.05) is 6.92 Å². The van der Waals surface area contributed by atoms with E-state index in [0.717, 1.165) is 13.0 Å². The average molecular weight is 276 g/mol. The molecule has 3 unspecified atom stereocenters. The predicted molar refractivity (Wildman–Crippen MR) is 70.9 cm³/mol. The Hall–Kier alpha value is -0.170. The van der Waals surface area contributed by atoms with Crippen LogP contribution >= 0.6 is 0 Å². The molecule has 2 aliphatic rings. The van der Waals surface area contributed by atoms with Crippen molar-refractivity contribution < 1.29 is 13.2 Å². The minimum Gasteiger partial charge on any atom is -0.381 e. The molecule has 2 rings (SSSR count). The summed E-state index contributed by atoms with van der Waals surface area (Å²) in [5.41, 5.74) is 0. The van der Waals surface area contributed by atoms with Gasteiger partial charge in [0.25, 0.3) is 0 Å². The molecule has 0 amide bonds. The van der Waals surface area contributed by atoms with Crippen molar-refractivity contribution in [1.82, 2.24) is 10.0 Å². The van der Waals surface area contributed by atoms with Crippen molar-refractivity contribution in [1.29, 1.82) is 0 Å². The fourth-order valence-electron chi connectivity index (χ4n) is 2.83. The van der Waals surface area contributed by atoms with E-state index in [-0.39, 0.29) is 17.3 Å². The van der Waals surface area contributed by atoms with Crippen LogP contribution in [0.15, 0.2) is 0 Å². The van der Waals surface area contributed by atoms with Gasteiger partial charge in [0.2, 0.25) is 10.0 Å². The second-order valence-electron chi connectivity index (χ2n) is 5.51. The molecule has 0 radical (unpaired) electrons. The number of ether oxygens (including phenoxy) is 1. The van der Waals surface area contributed by atoms with E-state index in [1.54, 1.807) is 0 Å². The average Bonchev–Trinajstić information content (AvgIpc) is 2.35. The number of hydrogen-bond donors (Lipinski definition) is 2.